The van der Waals surface area contributed by atoms with Gasteiger partial charge in [0.05, 0.1) is 36.3 Å². The van der Waals surface area contributed by atoms with Crippen molar-refractivity contribution in [3.63, 3.8) is 0 Å². The van der Waals surface area contributed by atoms with Gasteiger partial charge in [-0.15, -0.1) is 0 Å². The number of aliphatic imine (C=N–C) groups is 1. The van der Waals surface area contributed by atoms with Crippen molar-refractivity contribution in [2.75, 3.05) is 13.2 Å². The van der Waals surface area contributed by atoms with Gasteiger partial charge in [0.15, 0.2) is 0 Å². The van der Waals surface area contributed by atoms with E-state index in [1.54, 1.807) is 0 Å². The topological polar surface area (TPSA) is 43.7 Å². The van der Waals surface area contributed by atoms with Crippen molar-refractivity contribution in [1.29, 1.82) is 0 Å². The van der Waals surface area contributed by atoms with Gasteiger partial charge in [-0.3, -0.25) is 4.99 Å². The third kappa shape index (κ3) is 11.4. The Hall–Kier alpha value is -2.88. The minimum absolute atomic E-state index is 0.777. The molecule has 0 unspecified atom stereocenters. The van der Waals surface area contributed by atoms with E-state index < -0.39 is 0 Å². The molecule has 3 rings (SSSR count). The number of fused-ring (bicyclic) bond motifs is 1. The van der Waals surface area contributed by atoms with Gasteiger partial charge < -0.3 is 9.47 Å². The van der Waals surface area contributed by atoms with Crippen LogP contribution in [0.5, 0.6) is 11.5 Å². The van der Waals surface area contributed by atoms with Crippen molar-refractivity contribution >= 4 is 22.8 Å². The summed E-state index contributed by atoms with van der Waals surface area (Å²) in [5.74, 6) is 1.82. The fourth-order valence-electron chi connectivity index (χ4n) is 4.37. The van der Waals surface area contributed by atoms with Crippen molar-refractivity contribution in [2.24, 2.45) is 4.99 Å². The molecule has 0 spiro atoms. The Kier molecular flexibility index (Phi) is 13.6. The molecule has 2 aromatic carbocycles. The molecular weight excluding hydrogens is 456 g/mol. The molecule has 0 fully saturated rings. The molecule has 0 saturated carbocycles. The fraction of sp³-hybridized carbons (Fsp3) is 0.515. The van der Waals surface area contributed by atoms with E-state index in [4.69, 9.17) is 14.5 Å². The molecule has 1 heterocycles. The van der Waals surface area contributed by atoms with E-state index in [1.807, 2.05) is 48.7 Å². The molecule has 0 radical (unpaired) electrons. The molecule has 3 aromatic rings. The molecular formula is C33H46N2O2. The summed E-state index contributed by atoms with van der Waals surface area (Å²) in [6, 6.07) is 18.2. The predicted octanol–water partition coefficient (Wildman–Crippen LogP) is 9.85. The fourth-order valence-corrected chi connectivity index (χ4v) is 4.37. The highest BCUT2D eigenvalue weighted by Gasteiger charge is 2.01. The molecule has 0 aliphatic rings. The molecule has 4 heteroatoms. The number of benzene rings is 2. The molecule has 0 amide bonds. The zero-order chi connectivity index (χ0) is 26.0. The zero-order valence-electron chi connectivity index (χ0n) is 23.1. The van der Waals surface area contributed by atoms with Crippen LogP contribution in [0.2, 0.25) is 0 Å². The lowest BCUT2D eigenvalue weighted by molar-refractivity contribution is 0.304. The van der Waals surface area contributed by atoms with Gasteiger partial charge in [-0.05, 0) is 61.4 Å². The summed E-state index contributed by atoms with van der Waals surface area (Å²) in [7, 11) is 0. The van der Waals surface area contributed by atoms with Crippen LogP contribution < -0.4 is 9.47 Å². The van der Waals surface area contributed by atoms with Crippen molar-refractivity contribution < 1.29 is 9.47 Å². The molecule has 0 N–H and O–H groups in total. The second-order valence-electron chi connectivity index (χ2n) is 9.93. The zero-order valence-corrected chi connectivity index (χ0v) is 23.1. The summed E-state index contributed by atoms with van der Waals surface area (Å²) in [5.41, 5.74) is 2.68. The molecule has 0 atom stereocenters. The molecule has 0 saturated heterocycles. The number of nitrogens with zero attached hydrogens (tertiary/aromatic N) is 2. The van der Waals surface area contributed by atoms with Crippen LogP contribution in [-0.4, -0.2) is 24.4 Å². The first-order valence-corrected chi connectivity index (χ1v) is 14.6. The summed E-state index contributed by atoms with van der Waals surface area (Å²) in [6.07, 6.45) is 18.5. The van der Waals surface area contributed by atoms with E-state index >= 15 is 0 Å². The molecule has 200 valence electrons. The molecule has 1 aromatic heterocycles. The van der Waals surface area contributed by atoms with Gasteiger partial charge in [-0.25, -0.2) is 4.98 Å². The lowest BCUT2D eigenvalue weighted by Crippen LogP contribution is -1.97. The average Bonchev–Trinajstić information content (AvgIpc) is 2.93. The second-order valence-corrected chi connectivity index (χ2v) is 9.93. The molecule has 0 aliphatic heterocycles. The Morgan fingerprint density at radius 1 is 0.622 bits per heavy atom. The van der Waals surface area contributed by atoms with Gasteiger partial charge in [-0.1, -0.05) is 90.5 Å². The highest BCUT2D eigenvalue weighted by Crippen LogP contribution is 2.22. The molecule has 0 aliphatic carbocycles. The number of hydrogen-bond acceptors (Lipinski definition) is 4. The van der Waals surface area contributed by atoms with E-state index in [9.17, 15) is 0 Å². The highest BCUT2D eigenvalue weighted by atomic mass is 16.5. The SMILES string of the molecule is CCCCCCCCCCOc1ccc2nc(C=Nc3ccc(OCCCCCCC)cc3)ccc2c1. The maximum absolute atomic E-state index is 5.99. The standard InChI is InChI=1S/C33H46N2O2/c1-3-5-7-9-10-11-13-15-25-37-32-22-23-33-28(26-32)16-17-30(35-33)27-34-29-18-20-31(21-19-29)36-24-14-12-8-6-4-2/h16-23,26-27H,3-15,24-25H2,1-2H3. The van der Waals surface area contributed by atoms with Crippen molar-refractivity contribution in [1.82, 2.24) is 4.98 Å². The number of ether oxygens (including phenoxy) is 2. The van der Waals surface area contributed by atoms with E-state index in [2.05, 4.69) is 31.0 Å². The number of hydrogen-bond donors (Lipinski definition) is 0. The van der Waals surface area contributed by atoms with Gasteiger partial charge in [0.25, 0.3) is 0 Å². The van der Waals surface area contributed by atoms with Crippen LogP contribution in [0.3, 0.4) is 0 Å². The Bertz CT molecular complexity index is 1050. The number of aromatic nitrogens is 1. The third-order valence-electron chi connectivity index (χ3n) is 6.65. The largest absolute Gasteiger partial charge is 0.494 e. The lowest BCUT2D eigenvalue weighted by atomic mass is 10.1. The van der Waals surface area contributed by atoms with Gasteiger partial charge in [0, 0.05) is 5.39 Å². The quantitative estimate of drug-likeness (QED) is 0.121. The Morgan fingerprint density at radius 2 is 1.19 bits per heavy atom. The minimum Gasteiger partial charge on any atom is -0.494 e. The van der Waals surface area contributed by atoms with Gasteiger partial charge in [-0.2, -0.15) is 0 Å². The Morgan fingerprint density at radius 3 is 1.84 bits per heavy atom. The predicted molar refractivity (Wildman–Crippen MR) is 158 cm³/mol. The van der Waals surface area contributed by atoms with Crippen LogP contribution in [-0.2, 0) is 0 Å². The average molecular weight is 503 g/mol. The van der Waals surface area contributed by atoms with Gasteiger partial charge in [0.2, 0.25) is 0 Å². The molecule has 37 heavy (non-hydrogen) atoms. The van der Waals surface area contributed by atoms with E-state index in [1.165, 1.54) is 70.6 Å². The number of rotatable bonds is 19. The van der Waals surface area contributed by atoms with Gasteiger partial charge >= 0.3 is 0 Å². The van der Waals surface area contributed by atoms with Crippen molar-refractivity contribution in [2.45, 2.75) is 97.3 Å². The highest BCUT2D eigenvalue weighted by molar-refractivity contribution is 5.86. The van der Waals surface area contributed by atoms with Crippen LogP contribution in [0.4, 0.5) is 5.69 Å². The third-order valence-corrected chi connectivity index (χ3v) is 6.65. The van der Waals surface area contributed by atoms with Crippen LogP contribution >= 0.6 is 0 Å². The van der Waals surface area contributed by atoms with E-state index in [-0.39, 0.29) is 0 Å². The van der Waals surface area contributed by atoms with Crippen LogP contribution in [0.1, 0.15) is 103 Å². The van der Waals surface area contributed by atoms with Crippen molar-refractivity contribution in [3.8, 4) is 11.5 Å². The summed E-state index contributed by atoms with van der Waals surface area (Å²) < 4.78 is 11.8. The van der Waals surface area contributed by atoms with Crippen LogP contribution in [0, 0.1) is 0 Å². The smallest absolute Gasteiger partial charge is 0.120 e. The lowest BCUT2D eigenvalue weighted by Gasteiger charge is -2.08. The van der Waals surface area contributed by atoms with E-state index in [0.717, 1.165) is 59.8 Å². The first-order chi connectivity index (χ1) is 18.3. The molecule has 0 bridgehead atoms. The number of pyridine rings is 1. The summed E-state index contributed by atoms with van der Waals surface area (Å²) in [5, 5.41) is 1.08. The summed E-state index contributed by atoms with van der Waals surface area (Å²) >= 11 is 0. The van der Waals surface area contributed by atoms with Crippen LogP contribution in [0.25, 0.3) is 10.9 Å². The Balaban J connectivity index is 1.40. The minimum atomic E-state index is 0.777. The monoisotopic (exact) mass is 502 g/mol. The first kappa shape index (κ1) is 28.7. The maximum atomic E-state index is 5.99. The second kappa shape index (κ2) is 17.6. The first-order valence-electron chi connectivity index (χ1n) is 14.6. The van der Waals surface area contributed by atoms with E-state index in [0.29, 0.717) is 0 Å². The maximum Gasteiger partial charge on any atom is 0.120 e. The van der Waals surface area contributed by atoms with Crippen molar-refractivity contribution in [3.05, 3.63) is 60.3 Å². The summed E-state index contributed by atoms with van der Waals surface area (Å²) in [6.45, 7) is 6.06. The Labute approximate surface area is 224 Å². The van der Waals surface area contributed by atoms with Crippen LogP contribution in [0.15, 0.2) is 59.6 Å². The number of unbranched alkanes of at least 4 members (excludes halogenated alkanes) is 11. The normalized spacial score (nSPS) is 11.4. The molecule has 4 nitrogen and oxygen atoms in total. The summed E-state index contributed by atoms with van der Waals surface area (Å²) in [4.78, 5) is 9.33. The van der Waals surface area contributed by atoms with Gasteiger partial charge in [0.1, 0.15) is 11.5 Å².